The third-order valence-corrected chi connectivity index (χ3v) is 0.231. The fourth-order valence-corrected chi connectivity index (χ4v) is 0. The van der Waals surface area contributed by atoms with Crippen molar-refractivity contribution in [2.75, 3.05) is 6.54 Å². The standard InChI is InChI=1S/C2H4F3N.CH2OS/c3-2(4,5)1-6;2-1-3/h1,6H2;1H,(H,2,3). The average Bonchev–Trinajstić information content (AvgIpc) is 1.67. The van der Waals surface area contributed by atoms with Crippen molar-refractivity contribution < 1.29 is 18.3 Å². The summed E-state index contributed by atoms with van der Waals surface area (Å²) in [6.45, 7) is -1.23. The smallest absolute Gasteiger partial charge is 0.400 e. The minimum atomic E-state index is -4.18. The van der Waals surface area contributed by atoms with E-state index in [1.807, 2.05) is 0 Å². The molecule has 0 aliphatic heterocycles. The van der Waals surface area contributed by atoms with Gasteiger partial charge in [0, 0.05) is 0 Å². The van der Waals surface area contributed by atoms with Gasteiger partial charge in [-0.05, 0) is 12.2 Å². The van der Waals surface area contributed by atoms with Gasteiger partial charge in [0.25, 0.3) is 0 Å². The van der Waals surface area contributed by atoms with E-state index >= 15 is 0 Å². The summed E-state index contributed by atoms with van der Waals surface area (Å²) in [5, 5.41) is 7.26. The van der Waals surface area contributed by atoms with Gasteiger partial charge in [-0.25, -0.2) is 0 Å². The minimum Gasteiger partial charge on any atom is -0.504 e. The highest BCUT2D eigenvalue weighted by Gasteiger charge is 2.23. The van der Waals surface area contributed by atoms with Crippen LogP contribution < -0.4 is 5.73 Å². The van der Waals surface area contributed by atoms with E-state index in [-0.39, 0.29) is 0 Å². The summed E-state index contributed by atoms with van der Waals surface area (Å²) in [7, 11) is 0. The fourth-order valence-electron chi connectivity index (χ4n) is 0. The molecule has 3 N–H and O–H groups in total. The second-order valence-corrected chi connectivity index (χ2v) is 1.14. The van der Waals surface area contributed by atoms with E-state index < -0.39 is 12.7 Å². The molecular formula is C3H6F3NOS. The summed E-state index contributed by atoms with van der Waals surface area (Å²) in [6.07, 6.45) is -4.18. The van der Waals surface area contributed by atoms with Gasteiger partial charge in [-0.3, -0.25) is 0 Å². The summed E-state index contributed by atoms with van der Waals surface area (Å²) < 4.78 is 32.0. The first kappa shape index (κ1) is 11.4. The summed E-state index contributed by atoms with van der Waals surface area (Å²) in [5.74, 6) is 0. The van der Waals surface area contributed by atoms with E-state index in [0.717, 1.165) is 0 Å². The number of aliphatic hydroxyl groups is 1. The number of rotatable bonds is 0. The zero-order chi connectivity index (χ0) is 7.91. The van der Waals surface area contributed by atoms with Crippen molar-refractivity contribution in [1.82, 2.24) is 0 Å². The number of aliphatic hydroxyl groups excluding tert-OH is 1. The molecule has 56 valence electrons. The van der Waals surface area contributed by atoms with Crippen molar-refractivity contribution in [2.24, 2.45) is 5.73 Å². The molecule has 0 aliphatic rings. The molecule has 0 aromatic rings. The van der Waals surface area contributed by atoms with Crippen molar-refractivity contribution in [1.29, 1.82) is 0 Å². The zero-order valence-electron chi connectivity index (χ0n) is 4.35. The fraction of sp³-hybridized carbons (Fsp3) is 0.667. The van der Waals surface area contributed by atoms with Crippen molar-refractivity contribution in [3.63, 3.8) is 0 Å². The summed E-state index contributed by atoms with van der Waals surface area (Å²) in [5.41, 5.74) is 4.76. The molecule has 6 heteroatoms. The van der Waals surface area contributed by atoms with E-state index in [1.54, 1.807) is 0 Å². The van der Waals surface area contributed by atoms with Crippen LogP contribution in [0.4, 0.5) is 13.2 Å². The van der Waals surface area contributed by atoms with Crippen LogP contribution in [0.1, 0.15) is 0 Å². The van der Waals surface area contributed by atoms with Gasteiger partial charge in [-0.2, -0.15) is 13.2 Å². The molecule has 0 amide bonds. The largest absolute Gasteiger partial charge is 0.504 e. The lowest BCUT2D eigenvalue weighted by molar-refractivity contribution is -0.118. The van der Waals surface area contributed by atoms with E-state index in [4.69, 9.17) is 5.11 Å². The van der Waals surface area contributed by atoms with E-state index in [2.05, 4.69) is 18.0 Å². The highest BCUT2D eigenvalue weighted by molar-refractivity contribution is 7.78. The Bertz CT molecular complexity index is 73.9. The van der Waals surface area contributed by atoms with Crippen LogP contribution in [-0.4, -0.2) is 23.4 Å². The van der Waals surface area contributed by atoms with Gasteiger partial charge >= 0.3 is 6.18 Å². The number of alkyl halides is 3. The molecule has 2 nitrogen and oxygen atoms in total. The van der Waals surface area contributed by atoms with E-state index in [0.29, 0.717) is 5.55 Å². The number of halogens is 3. The normalized spacial score (nSPS) is 9.33. The van der Waals surface area contributed by atoms with Crippen molar-refractivity contribution >= 4 is 17.8 Å². The van der Waals surface area contributed by atoms with Crippen molar-refractivity contribution in [3.8, 4) is 0 Å². The molecule has 0 spiro atoms. The molecule has 0 heterocycles. The Kier molecular flexibility index (Phi) is 7.33. The Morgan fingerprint density at radius 1 is 1.56 bits per heavy atom. The second-order valence-electron chi connectivity index (χ2n) is 0.925. The number of hydrogen-bond acceptors (Lipinski definition) is 2. The van der Waals surface area contributed by atoms with Crippen LogP contribution in [0, 0.1) is 0 Å². The lowest BCUT2D eigenvalue weighted by Crippen LogP contribution is -2.21. The molecule has 0 bridgehead atoms. The number of nitrogens with two attached hydrogens (primary N) is 1. The molecule has 9 heavy (non-hydrogen) atoms. The molecule has 0 saturated carbocycles. The molecular weight excluding hydrogens is 155 g/mol. The maximum absolute atomic E-state index is 10.7. The SMILES string of the molecule is NCC(F)(F)F.OC=S. The van der Waals surface area contributed by atoms with Crippen LogP contribution in [0.15, 0.2) is 0 Å². The highest BCUT2D eigenvalue weighted by Crippen LogP contribution is 2.10. The molecule has 0 aromatic carbocycles. The molecule has 0 aromatic heterocycles. The van der Waals surface area contributed by atoms with Gasteiger partial charge in [0.15, 0.2) is 0 Å². The predicted molar refractivity (Wildman–Crippen MR) is 31.4 cm³/mol. The summed E-state index contributed by atoms with van der Waals surface area (Å²) in [4.78, 5) is 0. The van der Waals surface area contributed by atoms with E-state index in [9.17, 15) is 13.2 Å². The van der Waals surface area contributed by atoms with Gasteiger partial charge in [0.2, 0.25) is 0 Å². The van der Waals surface area contributed by atoms with Crippen molar-refractivity contribution in [3.05, 3.63) is 0 Å². The molecule has 0 atom stereocenters. The van der Waals surface area contributed by atoms with Crippen LogP contribution in [0.5, 0.6) is 0 Å². The third-order valence-electron chi connectivity index (χ3n) is 0.231. The average molecular weight is 161 g/mol. The summed E-state index contributed by atoms with van der Waals surface area (Å²) in [6, 6.07) is 0. The van der Waals surface area contributed by atoms with Gasteiger partial charge in [0.1, 0.15) is 5.55 Å². The second kappa shape index (κ2) is 5.77. The first-order valence-corrected chi connectivity index (χ1v) is 2.29. The van der Waals surface area contributed by atoms with Gasteiger partial charge in [-0.1, -0.05) is 0 Å². The lowest BCUT2D eigenvalue weighted by Gasteiger charge is -1.96. The molecule has 0 saturated heterocycles. The molecule has 0 rings (SSSR count). The molecule has 0 radical (unpaired) electrons. The monoisotopic (exact) mass is 161 g/mol. The van der Waals surface area contributed by atoms with Crippen LogP contribution in [0.2, 0.25) is 0 Å². The zero-order valence-corrected chi connectivity index (χ0v) is 5.17. The van der Waals surface area contributed by atoms with Gasteiger partial charge < -0.3 is 10.8 Å². The van der Waals surface area contributed by atoms with Crippen LogP contribution in [-0.2, 0) is 0 Å². The Morgan fingerprint density at radius 3 is 1.67 bits per heavy atom. The minimum absolute atomic E-state index is 0.583. The predicted octanol–water partition coefficient (Wildman–Crippen LogP) is 1.01. The third kappa shape index (κ3) is 34.9. The highest BCUT2D eigenvalue weighted by atomic mass is 32.1. The molecule has 0 aliphatic carbocycles. The molecule has 0 unspecified atom stereocenters. The lowest BCUT2D eigenvalue weighted by atomic mass is 10.7. The van der Waals surface area contributed by atoms with Crippen LogP contribution >= 0.6 is 12.2 Å². The van der Waals surface area contributed by atoms with Crippen molar-refractivity contribution in [2.45, 2.75) is 6.18 Å². The van der Waals surface area contributed by atoms with Gasteiger partial charge in [-0.15, -0.1) is 0 Å². The maximum Gasteiger partial charge on any atom is 0.400 e. The quantitative estimate of drug-likeness (QED) is 0.521. The van der Waals surface area contributed by atoms with Gasteiger partial charge in [0.05, 0.1) is 6.54 Å². The Balaban J connectivity index is 0. The Morgan fingerprint density at radius 2 is 1.67 bits per heavy atom. The van der Waals surface area contributed by atoms with Crippen LogP contribution in [0.25, 0.3) is 0 Å². The first-order valence-electron chi connectivity index (χ1n) is 1.82. The number of thiocarbonyl (C=S) groups is 1. The Hall–Kier alpha value is -0.360. The number of hydrogen-bond donors (Lipinski definition) is 2. The first-order chi connectivity index (χ1) is 3.97. The Labute approximate surface area is 55.5 Å². The van der Waals surface area contributed by atoms with Crippen LogP contribution in [0.3, 0.4) is 0 Å². The maximum atomic E-state index is 10.7. The van der Waals surface area contributed by atoms with E-state index in [1.165, 1.54) is 0 Å². The topological polar surface area (TPSA) is 46.2 Å². The molecule has 0 fully saturated rings. The summed E-state index contributed by atoms with van der Waals surface area (Å²) >= 11 is 3.82.